The molecule has 0 spiro atoms. The highest BCUT2D eigenvalue weighted by Gasteiger charge is 2.21. The first-order valence-corrected chi connectivity index (χ1v) is 8.62. The highest BCUT2D eigenvalue weighted by Crippen LogP contribution is 2.23. The number of hydrogen-bond acceptors (Lipinski definition) is 3. The fourth-order valence-corrected chi connectivity index (χ4v) is 2.91. The van der Waals surface area contributed by atoms with Crippen molar-refractivity contribution in [2.45, 2.75) is 32.4 Å². The zero-order chi connectivity index (χ0) is 17.6. The summed E-state index contributed by atoms with van der Waals surface area (Å²) in [7, 11) is 0. The van der Waals surface area contributed by atoms with Crippen molar-refractivity contribution in [1.82, 2.24) is 5.32 Å². The van der Waals surface area contributed by atoms with Crippen molar-refractivity contribution in [3.8, 4) is 0 Å². The highest BCUT2D eigenvalue weighted by atomic mass is 16.2. The first-order chi connectivity index (χ1) is 12.1. The molecule has 0 unspecified atom stereocenters. The third-order valence-corrected chi connectivity index (χ3v) is 4.34. The molecule has 2 aromatic carbocycles. The summed E-state index contributed by atoms with van der Waals surface area (Å²) in [6, 6.07) is 17.1. The molecule has 1 aliphatic rings. The first-order valence-electron chi connectivity index (χ1n) is 8.62. The maximum Gasteiger partial charge on any atom is 0.242 e. The molecule has 1 atom stereocenters. The number of amides is 2. The van der Waals surface area contributed by atoms with Gasteiger partial charge in [0.2, 0.25) is 11.8 Å². The lowest BCUT2D eigenvalue weighted by Gasteiger charge is -2.18. The molecule has 1 fully saturated rings. The minimum atomic E-state index is -0.344. The molecular formula is C20H23N3O2. The van der Waals surface area contributed by atoms with Gasteiger partial charge in [-0.05, 0) is 43.2 Å². The quantitative estimate of drug-likeness (QED) is 0.852. The Labute approximate surface area is 148 Å². The fraction of sp³-hybridized carbons (Fsp3) is 0.300. The van der Waals surface area contributed by atoms with E-state index in [2.05, 4.69) is 10.6 Å². The van der Waals surface area contributed by atoms with Crippen LogP contribution in [-0.2, 0) is 16.1 Å². The van der Waals surface area contributed by atoms with Gasteiger partial charge in [-0.3, -0.25) is 9.59 Å². The van der Waals surface area contributed by atoms with E-state index in [4.69, 9.17) is 0 Å². The Morgan fingerprint density at radius 3 is 2.48 bits per heavy atom. The predicted octanol–water partition coefficient (Wildman–Crippen LogP) is 2.93. The van der Waals surface area contributed by atoms with Gasteiger partial charge in [-0.15, -0.1) is 0 Å². The van der Waals surface area contributed by atoms with Crippen LogP contribution in [-0.4, -0.2) is 24.4 Å². The van der Waals surface area contributed by atoms with E-state index < -0.39 is 0 Å². The first kappa shape index (κ1) is 17.0. The summed E-state index contributed by atoms with van der Waals surface area (Å²) in [5.41, 5.74) is 2.84. The summed E-state index contributed by atoms with van der Waals surface area (Å²) < 4.78 is 0. The van der Waals surface area contributed by atoms with Gasteiger partial charge in [0.15, 0.2) is 0 Å². The molecule has 25 heavy (non-hydrogen) atoms. The number of carbonyl (C=O) groups excluding carboxylic acids is 2. The van der Waals surface area contributed by atoms with Gasteiger partial charge < -0.3 is 15.5 Å². The normalized spacial score (nSPS) is 15.1. The summed E-state index contributed by atoms with van der Waals surface area (Å²) >= 11 is 0. The smallest absolute Gasteiger partial charge is 0.242 e. The molecule has 2 N–H and O–H groups in total. The van der Waals surface area contributed by atoms with Gasteiger partial charge in [-0.1, -0.05) is 30.3 Å². The van der Waals surface area contributed by atoms with Crippen LogP contribution in [0, 0.1) is 0 Å². The van der Waals surface area contributed by atoms with Crippen molar-refractivity contribution >= 4 is 23.2 Å². The highest BCUT2D eigenvalue weighted by molar-refractivity contribution is 5.95. The van der Waals surface area contributed by atoms with Crippen LogP contribution in [0.5, 0.6) is 0 Å². The molecule has 5 heteroatoms. The SMILES string of the molecule is C[C@@H](Nc1ccc(N2CCCC2=O)cc1)C(=O)NCc1ccccc1. The fourth-order valence-electron chi connectivity index (χ4n) is 2.91. The minimum absolute atomic E-state index is 0.0531. The van der Waals surface area contributed by atoms with E-state index in [1.807, 2.05) is 61.5 Å². The monoisotopic (exact) mass is 337 g/mol. The Kier molecular flexibility index (Phi) is 5.33. The van der Waals surface area contributed by atoms with E-state index in [0.29, 0.717) is 13.0 Å². The van der Waals surface area contributed by atoms with Gasteiger partial charge in [0.05, 0.1) is 0 Å². The molecular weight excluding hydrogens is 314 g/mol. The van der Waals surface area contributed by atoms with Crippen LogP contribution in [0.2, 0.25) is 0 Å². The van der Waals surface area contributed by atoms with Crippen LogP contribution in [0.25, 0.3) is 0 Å². The molecule has 0 aliphatic carbocycles. The van der Waals surface area contributed by atoms with Crippen molar-refractivity contribution in [2.75, 3.05) is 16.8 Å². The molecule has 0 bridgehead atoms. The Morgan fingerprint density at radius 2 is 1.84 bits per heavy atom. The van der Waals surface area contributed by atoms with Crippen LogP contribution >= 0.6 is 0 Å². The van der Waals surface area contributed by atoms with Gasteiger partial charge in [0.1, 0.15) is 6.04 Å². The number of rotatable bonds is 6. The van der Waals surface area contributed by atoms with E-state index in [1.54, 1.807) is 4.90 Å². The molecule has 0 radical (unpaired) electrons. The zero-order valence-electron chi connectivity index (χ0n) is 14.4. The maximum absolute atomic E-state index is 12.2. The van der Waals surface area contributed by atoms with Crippen molar-refractivity contribution in [1.29, 1.82) is 0 Å². The zero-order valence-corrected chi connectivity index (χ0v) is 14.4. The largest absolute Gasteiger partial charge is 0.374 e. The van der Waals surface area contributed by atoms with Crippen LogP contribution < -0.4 is 15.5 Å². The van der Waals surface area contributed by atoms with Crippen molar-refractivity contribution in [2.24, 2.45) is 0 Å². The average molecular weight is 337 g/mol. The number of anilines is 2. The van der Waals surface area contributed by atoms with Crippen molar-refractivity contribution < 1.29 is 9.59 Å². The number of nitrogens with zero attached hydrogens (tertiary/aromatic N) is 1. The number of benzene rings is 2. The van der Waals surface area contributed by atoms with E-state index in [-0.39, 0.29) is 17.9 Å². The van der Waals surface area contributed by atoms with Crippen LogP contribution in [0.15, 0.2) is 54.6 Å². The molecule has 1 saturated heterocycles. The van der Waals surface area contributed by atoms with E-state index >= 15 is 0 Å². The van der Waals surface area contributed by atoms with Gasteiger partial charge in [0.25, 0.3) is 0 Å². The van der Waals surface area contributed by atoms with Crippen LogP contribution in [0.1, 0.15) is 25.3 Å². The molecule has 2 aromatic rings. The third-order valence-electron chi connectivity index (χ3n) is 4.34. The standard InChI is InChI=1S/C20H23N3O2/c1-15(20(25)21-14-16-6-3-2-4-7-16)22-17-9-11-18(12-10-17)23-13-5-8-19(23)24/h2-4,6-7,9-12,15,22H,5,8,13-14H2,1H3,(H,21,25)/t15-/m1/s1. The Balaban J connectivity index is 1.52. The number of carbonyl (C=O) groups is 2. The summed E-state index contributed by atoms with van der Waals surface area (Å²) in [5.74, 6) is 0.122. The number of nitrogens with one attached hydrogen (secondary N) is 2. The molecule has 1 aliphatic heterocycles. The van der Waals surface area contributed by atoms with E-state index in [1.165, 1.54) is 0 Å². The van der Waals surface area contributed by atoms with Gasteiger partial charge in [0, 0.05) is 30.9 Å². The third kappa shape index (κ3) is 4.38. The lowest BCUT2D eigenvalue weighted by atomic mass is 10.2. The molecule has 130 valence electrons. The molecule has 1 heterocycles. The van der Waals surface area contributed by atoms with Gasteiger partial charge >= 0.3 is 0 Å². The van der Waals surface area contributed by atoms with Crippen LogP contribution in [0.4, 0.5) is 11.4 Å². The predicted molar refractivity (Wildman–Crippen MR) is 99.4 cm³/mol. The second-order valence-electron chi connectivity index (χ2n) is 6.27. The second-order valence-corrected chi connectivity index (χ2v) is 6.27. The molecule has 0 saturated carbocycles. The van der Waals surface area contributed by atoms with Crippen LogP contribution in [0.3, 0.4) is 0 Å². The molecule has 0 aromatic heterocycles. The van der Waals surface area contributed by atoms with Gasteiger partial charge in [-0.2, -0.15) is 0 Å². The van der Waals surface area contributed by atoms with E-state index in [9.17, 15) is 9.59 Å². The van der Waals surface area contributed by atoms with Crippen molar-refractivity contribution in [3.63, 3.8) is 0 Å². The Morgan fingerprint density at radius 1 is 1.12 bits per heavy atom. The summed E-state index contributed by atoms with van der Waals surface area (Å²) in [5, 5.41) is 6.12. The van der Waals surface area contributed by atoms with E-state index in [0.717, 1.165) is 29.9 Å². The molecule has 2 amide bonds. The Bertz CT molecular complexity index is 728. The average Bonchev–Trinajstić information content (AvgIpc) is 3.07. The second kappa shape index (κ2) is 7.83. The lowest BCUT2D eigenvalue weighted by Crippen LogP contribution is -2.37. The number of hydrogen-bond donors (Lipinski definition) is 2. The topological polar surface area (TPSA) is 61.4 Å². The summed E-state index contributed by atoms with van der Waals surface area (Å²) in [4.78, 5) is 25.8. The molecule has 3 rings (SSSR count). The van der Waals surface area contributed by atoms with Gasteiger partial charge in [-0.25, -0.2) is 0 Å². The summed E-state index contributed by atoms with van der Waals surface area (Å²) in [6.45, 7) is 3.13. The Hall–Kier alpha value is -2.82. The van der Waals surface area contributed by atoms with Crippen molar-refractivity contribution in [3.05, 3.63) is 60.2 Å². The lowest BCUT2D eigenvalue weighted by molar-refractivity contribution is -0.121. The summed E-state index contributed by atoms with van der Waals surface area (Å²) in [6.07, 6.45) is 1.54. The minimum Gasteiger partial charge on any atom is -0.374 e. The molecule has 5 nitrogen and oxygen atoms in total. The maximum atomic E-state index is 12.2.